The lowest BCUT2D eigenvalue weighted by Crippen LogP contribution is -2.54. The fourth-order valence-corrected chi connectivity index (χ4v) is 4.47. The third-order valence-corrected chi connectivity index (χ3v) is 5.74. The number of carbonyl (C=O) groups excluding carboxylic acids is 1. The fraction of sp³-hybridized carbons (Fsp3) is 0.650. The third-order valence-electron chi connectivity index (χ3n) is 5.74. The Balaban J connectivity index is 1.49. The molecule has 3 fully saturated rings. The Morgan fingerprint density at radius 1 is 1.08 bits per heavy atom. The third kappa shape index (κ3) is 3.67. The van der Waals surface area contributed by atoms with Crippen LogP contribution in [0.5, 0.6) is 0 Å². The maximum Gasteiger partial charge on any atom is 0.251 e. The smallest absolute Gasteiger partial charge is 0.251 e. The highest BCUT2D eigenvalue weighted by molar-refractivity contribution is 5.81. The first-order valence-electron chi connectivity index (χ1n) is 9.54. The van der Waals surface area contributed by atoms with Gasteiger partial charge in [-0.3, -0.25) is 4.79 Å². The molecule has 5 heteroatoms. The van der Waals surface area contributed by atoms with Gasteiger partial charge in [0.05, 0.1) is 13.2 Å². The highest BCUT2D eigenvalue weighted by atomic mass is 16.5. The Labute approximate surface area is 149 Å². The van der Waals surface area contributed by atoms with Gasteiger partial charge < -0.3 is 19.3 Å². The summed E-state index contributed by atoms with van der Waals surface area (Å²) in [5.41, 5.74) is 1.27. The summed E-state index contributed by atoms with van der Waals surface area (Å²) < 4.78 is 11.6. The van der Waals surface area contributed by atoms with E-state index in [9.17, 15) is 4.79 Å². The van der Waals surface area contributed by atoms with Crippen LogP contribution in [-0.4, -0.2) is 62.9 Å². The molecule has 3 aliphatic heterocycles. The van der Waals surface area contributed by atoms with Crippen LogP contribution in [0.3, 0.4) is 0 Å². The van der Waals surface area contributed by atoms with Gasteiger partial charge in [0.25, 0.3) is 5.91 Å². The number of rotatable bonds is 2. The fourth-order valence-electron chi connectivity index (χ4n) is 4.47. The Bertz CT molecular complexity index is 588. The number of hydrogen-bond acceptors (Lipinski definition) is 4. The molecule has 0 N–H and O–H groups in total. The molecule has 1 spiro atoms. The van der Waals surface area contributed by atoms with E-state index in [1.807, 2.05) is 4.90 Å². The molecule has 25 heavy (non-hydrogen) atoms. The topological polar surface area (TPSA) is 42.0 Å². The summed E-state index contributed by atoms with van der Waals surface area (Å²) in [6, 6.07) is 10.5. The molecular weight excluding hydrogens is 316 g/mol. The number of ether oxygens (including phenoxy) is 2. The van der Waals surface area contributed by atoms with E-state index in [0.29, 0.717) is 0 Å². The first-order valence-corrected chi connectivity index (χ1v) is 9.54. The summed E-state index contributed by atoms with van der Waals surface area (Å²) in [6.07, 6.45) is 3.82. The molecule has 0 radical (unpaired) electrons. The van der Waals surface area contributed by atoms with Gasteiger partial charge in [-0.15, -0.1) is 0 Å². The number of anilines is 1. The van der Waals surface area contributed by atoms with E-state index in [-0.39, 0.29) is 17.4 Å². The molecule has 0 saturated carbocycles. The van der Waals surface area contributed by atoms with Crippen molar-refractivity contribution in [3.8, 4) is 0 Å². The Morgan fingerprint density at radius 2 is 1.96 bits per heavy atom. The zero-order valence-corrected chi connectivity index (χ0v) is 14.9. The molecule has 3 heterocycles. The maximum absolute atomic E-state index is 12.8. The van der Waals surface area contributed by atoms with Gasteiger partial charge in [-0.2, -0.15) is 0 Å². The molecule has 5 nitrogen and oxygen atoms in total. The number of carbonyl (C=O) groups is 1. The lowest BCUT2D eigenvalue weighted by Gasteiger charge is -2.44. The van der Waals surface area contributed by atoms with Crippen molar-refractivity contribution in [3.05, 3.63) is 30.3 Å². The second-order valence-electron chi connectivity index (χ2n) is 7.67. The van der Waals surface area contributed by atoms with E-state index in [0.717, 1.165) is 71.7 Å². The van der Waals surface area contributed by atoms with Gasteiger partial charge >= 0.3 is 0 Å². The number of amides is 1. The predicted molar refractivity (Wildman–Crippen MR) is 96.7 cm³/mol. The quantitative estimate of drug-likeness (QED) is 0.826. The minimum atomic E-state index is -0.216. The number of benzene rings is 1. The van der Waals surface area contributed by atoms with Gasteiger partial charge in [-0.25, -0.2) is 0 Å². The largest absolute Gasteiger partial charge is 0.379 e. The van der Waals surface area contributed by atoms with Crippen molar-refractivity contribution in [2.45, 2.75) is 31.8 Å². The van der Waals surface area contributed by atoms with Crippen LogP contribution in [-0.2, 0) is 14.3 Å². The number of para-hydroxylation sites is 1. The second-order valence-corrected chi connectivity index (χ2v) is 7.67. The van der Waals surface area contributed by atoms with Crippen molar-refractivity contribution in [3.63, 3.8) is 0 Å². The number of likely N-dealkylation sites (tertiary alicyclic amines) is 1. The van der Waals surface area contributed by atoms with Crippen molar-refractivity contribution in [1.82, 2.24) is 4.90 Å². The van der Waals surface area contributed by atoms with Gasteiger partial charge in [0, 0.05) is 43.9 Å². The average molecular weight is 344 g/mol. The molecule has 2 atom stereocenters. The number of hydrogen-bond donors (Lipinski definition) is 0. The van der Waals surface area contributed by atoms with E-state index >= 15 is 0 Å². The molecule has 1 aromatic carbocycles. The molecular formula is C20H28N2O3. The van der Waals surface area contributed by atoms with Crippen LogP contribution in [0.4, 0.5) is 5.69 Å². The van der Waals surface area contributed by atoms with Crippen LogP contribution in [0, 0.1) is 5.41 Å². The Kier molecular flexibility index (Phi) is 4.95. The molecule has 0 unspecified atom stereocenters. The number of piperidine rings is 1. The van der Waals surface area contributed by atoms with Gasteiger partial charge in [0.2, 0.25) is 0 Å². The van der Waals surface area contributed by atoms with Crippen LogP contribution >= 0.6 is 0 Å². The zero-order valence-electron chi connectivity index (χ0n) is 14.9. The molecule has 0 aliphatic carbocycles. The average Bonchev–Trinajstić information content (AvgIpc) is 3.12. The van der Waals surface area contributed by atoms with Gasteiger partial charge in [-0.1, -0.05) is 18.2 Å². The summed E-state index contributed by atoms with van der Waals surface area (Å²) in [7, 11) is 0. The molecule has 4 rings (SSSR count). The highest BCUT2D eigenvalue weighted by Gasteiger charge is 2.42. The minimum absolute atomic E-state index is 0.0266. The molecule has 3 saturated heterocycles. The van der Waals surface area contributed by atoms with Crippen LogP contribution in [0.1, 0.15) is 25.7 Å². The molecule has 0 bridgehead atoms. The molecule has 1 aromatic rings. The van der Waals surface area contributed by atoms with Crippen LogP contribution in [0.25, 0.3) is 0 Å². The van der Waals surface area contributed by atoms with Gasteiger partial charge in [-0.05, 0) is 37.8 Å². The Hall–Kier alpha value is -1.59. The first-order chi connectivity index (χ1) is 12.3. The van der Waals surface area contributed by atoms with Gasteiger partial charge in [0.15, 0.2) is 0 Å². The minimum Gasteiger partial charge on any atom is -0.379 e. The van der Waals surface area contributed by atoms with E-state index < -0.39 is 0 Å². The standard InChI is InChI=1S/C20H28N2O3/c23-19(18-8-4-12-25-18)22-10-5-9-20(15-22)14-21(11-13-24-16-20)17-6-2-1-3-7-17/h1-3,6-7,18H,4-5,8-16H2/t18-,20-/m1/s1. The van der Waals surface area contributed by atoms with Crippen LogP contribution in [0.2, 0.25) is 0 Å². The lowest BCUT2D eigenvalue weighted by atomic mass is 9.79. The number of nitrogens with zero attached hydrogens (tertiary/aromatic N) is 2. The van der Waals surface area contributed by atoms with Gasteiger partial charge in [0.1, 0.15) is 6.10 Å². The van der Waals surface area contributed by atoms with E-state index in [1.54, 1.807) is 0 Å². The van der Waals surface area contributed by atoms with E-state index in [2.05, 4.69) is 35.2 Å². The predicted octanol–water partition coefficient (Wildman–Crippen LogP) is 2.31. The summed E-state index contributed by atoms with van der Waals surface area (Å²) in [5.74, 6) is 0.187. The van der Waals surface area contributed by atoms with Crippen LogP contribution < -0.4 is 4.90 Å². The monoisotopic (exact) mass is 344 g/mol. The van der Waals surface area contributed by atoms with Crippen molar-refractivity contribution in [2.24, 2.45) is 5.41 Å². The normalized spacial score (nSPS) is 30.5. The van der Waals surface area contributed by atoms with Crippen LogP contribution in [0.15, 0.2) is 30.3 Å². The molecule has 136 valence electrons. The van der Waals surface area contributed by atoms with E-state index in [1.165, 1.54) is 5.69 Å². The van der Waals surface area contributed by atoms with Crippen molar-refractivity contribution in [1.29, 1.82) is 0 Å². The van der Waals surface area contributed by atoms with E-state index in [4.69, 9.17) is 9.47 Å². The van der Waals surface area contributed by atoms with Crippen molar-refractivity contribution < 1.29 is 14.3 Å². The molecule has 0 aromatic heterocycles. The second kappa shape index (κ2) is 7.34. The van der Waals surface area contributed by atoms with Crippen molar-refractivity contribution in [2.75, 3.05) is 50.9 Å². The lowest BCUT2D eigenvalue weighted by molar-refractivity contribution is -0.145. The SMILES string of the molecule is O=C([C@H]1CCCO1)N1CCC[C@]2(COCCN(c3ccccc3)C2)C1. The summed E-state index contributed by atoms with van der Waals surface area (Å²) >= 11 is 0. The summed E-state index contributed by atoms with van der Waals surface area (Å²) in [6.45, 7) is 5.71. The molecule has 3 aliphatic rings. The molecule has 1 amide bonds. The maximum atomic E-state index is 12.8. The first kappa shape index (κ1) is 16.9. The zero-order chi connectivity index (χ0) is 17.1. The summed E-state index contributed by atoms with van der Waals surface area (Å²) in [5, 5.41) is 0. The highest BCUT2D eigenvalue weighted by Crippen LogP contribution is 2.35. The Morgan fingerprint density at radius 3 is 2.76 bits per heavy atom. The summed E-state index contributed by atoms with van der Waals surface area (Å²) in [4.78, 5) is 17.3. The van der Waals surface area contributed by atoms with Crippen molar-refractivity contribution >= 4 is 11.6 Å².